The molecular weight excluding hydrogens is 402 g/mol. The smallest absolute Gasteiger partial charge is 0.269 e. The second-order valence-corrected chi connectivity index (χ2v) is 6.78. The van der Waals surface area contributed by atoms with Crippen LogP contribution in [0.2, 0.25) is 0 Å². The van der Waals surface area contributed by atoms with Crippen molar-refractivity contribution in [3.8, 4) is 23.7 Å². The summed E-state index contributed by atoms with van der Waals surface area (Å²) in [4.78, 5) is 23.9. The Morgan fingerprint density at radius 3 is 2.24 bits per heavy atom. The first-order valence-electron chi connectivity index (χ1n) is 8.15. The fourth-order valence-electron chi connectivity index (χ4n) is 2.13. The third-order valence-electron chi connectivity index (χ3n) is 3.82. The van der Waals surface area contributed by atoms with Crippen LogP contribution in [0.5, 0.6) is 0 Å². The molecule has 0 radical (unpaired) electrons. The summed E-state index contributed by atoms with van der Waals surface area (Å²) in [5, 5.41) is 24.3. The third-order valence-corrected chi connectivity index (χ3v) is 4.50. The molecule has 9 heteroatoms. The SMILES string of the molecule is CC(O)(C(F)F)[C@H](NC(=O)c1ccc(C#CC#Cc2ccsc2)cc1)C(=O)NO. The van der Waals surface area contributed by atoms with E-state index in [1.165, 1.54) is 35.6 Å². The monoisotopic (exact) mass is 418 g/mol. The number of rotatable bonds is 5. The van der Waals surface area contributed by atoms with Gasteiger partial charge in [0.15, 0.2) is 5.60 Å². The molecule has 0 aliphatic rings. The van der Waals surface area contributed by atoms with E-state index in [-0.39, 0.29) is 5.56 Å². The number of amides is 2. The standard InChI is InChI=1S/C20H16F2N2O4S/c1-20(27,19(21)22)16(18(26)24-28)23-17(25)15-8-6-13(7-9-15)4-2-3-5-14-10-11-29-12-14/h6-12,16,19,27-28H,1H3,(H,23,25)(H,24,26)/t16-,20?/m1/s1. The number of hydroxylamine groups is 1. The number of hydrogen-bond acceptors (Lipinski definition) is 5. The van der Waals surface area contributed by atoms with Crippen molar-refractivity contribution in [3.05, 3.63) is 57.8 Å². The highest BCUT2D eigenvalue weighted by molar-refractivity contribution is 7.08. The predicted molar refractivity (Wildman–Crippen MR) is 102 cm³/mol. The molecule has 0 fully saturated rings. The number of halogens is 2. The van der Waals surface area contributed by atoms with Crippen LogP contribution >= 0.6 is 11.3 Å². The molecule has 1 aromatic carbocycles. The molecule has 1 heterocycles. The fraction of sp³-hybridized carbons (Fsp3) is 0.200. The summed E-state index contributed by atoms with van der Waals surface area (Å²) in [6.07, 6.45) is -3.35. The zero-order valence-corrected chi connectivity index (χ0v) is 15.9. The zero-order valence-electron chi connectivity index (χ0n) is 15.1. The van der Waals surface area contributed by atoms with Gasteiger partial charge in [-0.2, -0.15) is 11.3 Å². The summed E-state index contributed by atoms with van der Waals surface area (Å²) in [5.41, 5.74) is -0.279. The highest BCUT2D eigenvalue weighted by Gasteiger charge is 2.46. The van der Waals surface area contributed by atoms with Gasteiger partial charge < -0.3 is 10.4 Å². The van der Waals surface area contributed by atoms with Crippen LogP contribution in [0, 0.1) is 23.7 Å². The molecule has 0 aliphatic heterocycles. The molecule has 29 heavy (non-hydrogen) atoms. The Balaban J connectivity index is 2.10. The second-order valence-electron chi connectivity index (χ2n) is 6.00. The van der Waals surface area contributed by atoms with E-state index in [1.54, 1.807) is 0 Å². The Morgan fingerprint density at radius 2 is 1.72 bits per heavy atom. The van der Waals surface area contributed by atoms with Crippen molar-refractivity contribution in [2.75, 3.05) is 0 Å². The number of carbonyl (C=O) groups excluding carboxylic acids is 2. The lowest BCUT2D eigenvalue weighted by Gasteiger charge is -2.30. The Labute approximate surface area is 169 Å². The molecule has 0 spiro atoms. The van der Waals surface area contributed by atoms with Crippen LogP contribution in [0.3, 0.4) is 0 Å². The lowest BCUT2D eigenvalue weighted by Crippen LogP contribution is -2.61. The summed E-state index contributed by atoms with van der Waals surface area (Å²) in [5.74, 6) is 8.75. The van der Waals surface area contributed by atoms with Crippen molar-refractivity contribution in [2.45, 2.75) is 25.0 Å². The van der Waals surface area contributed by atoms with E-state index in [1.807, 2.05) is 22.1 Å². The van der Waals surface area contributed by atoms with Gasteiger partial charge in [-0.25, -0.2) is 14.3 Å². The van der Waals surface area contributed by atoms with Gasteiger partial charge in [-0.3, -0.25) is 14.8 Å². The topological polar surface area (TPSA) is 98.7 Å². The van der Waals surface area contributed by atoms with Crippen molar-refractivity contribution in [2.24, 2.45) is 0 Å². The minimum absolute atomic E-state index is 0.0423. The summed E-state index contributed by atoms with van der Waals surface area (Å²) in [6.45, 7) is 0.674. The van der Waals surface area contributed by atoms with E-state index in [9.17, 15) is 23.5 Å². The minimum Gasteiger partial charge on any atom is -0.381 e. The molecule has 2 atom stereocenters. The van der Waals surface area contributed by atoms with Gasteiger partial charge in [0.05, 0.1) is 0 Å². The number of benzene rings is 1. The van der Waals surface area contributed by atoms with Crippen LogP contribution in [-0.2, 0) is 4.79 Å². The first-order valence-corrected chi connectivity index (χ1v) is 9.09. The Kier molecular flexibility index (Phi) is 7.46. The van der Waals surface area contributed by atoms with Gasteiger partial charge in [-0.1, -0.05) is 11.8 Å². The van der Waals surface area contributed by atoms with Crippen LogP contribution < -0.4 is 10.8 Å². The van der Waals surface area contributed by atoms with Crippen LogP contribution in [0.4, 0.5) is 8.78 Å². The number of thiophene rings is 1. The maximum Gasteiger partial charge on any atom is 0.269 e. The zero-order chi connectivity index (χ0) is 21.4. The second kappa shape index (κ2) is 9.80. The Hall–Kier alpha value is -3.24. The maximum atomic E-state index is 13.0. The Morgan fingerprint density at radius 1 is 1.10 bits per heavy atom. The van der Waals surface area contributed by atoms with E-state index in [0.29, 0.717) is 12.5 Å². The summed E-state index contributed by atoms with van der Waals surface area (Å²) >= 11 is 1.52. The van der Waals surface area contributed by atoms with Crippen LogP contribution in [0.25, 0.3) is 0 Å². The molecule has 6 nitrogen and oxygen atoms in total. The van der Waals surface area contributed by atoms with Crippen molar-refractivity contribution >= 4 is 23.2 Å². The molecule has 2 amide bonds. The first kappa shape index (κ1) is 22.1. The normalized spacial score (nSPS) is 13.2. The summed E-state index contributed by atoms with van der Waals surface area (Å²) in [7, 11) is 0. The Bertz CT molecular complexity index is 981. The van der Waals surface area contributed by atoms with Crippen molar-refractivity contribution in [3.63, 3.8) is 0 Å². The summed E-state index contributed by atoms with van der Waals surface area (Å²) < 4.78 is 26.0. The predicted octanol–water partition coefficient (Wildman–Crippen LogP) is 1.77. The highest BCUT2D eigenvalue weighted by Crippen LogP contribution is 2.20. The maximum absolute atomic E-state index is 13.0. The molecule has 1 unspecified atom stereocenters. The number of aliphatic hydroxyl groups is 1. The molecule has 0 bridgehead atoms. The van der Waals surface area contributed by atoms with Crippen molar-refractivity contribution in [1.29, 1.82) is 0 Å². The molecule has 4 N–H and O–H groups in total. The van der Waals surface area contributed by atoms with E-state index in [2.05, 4.69) is 23.7 Å². The van der Waals surface area contributed by atoms with Crippen LogP contribution in [0.15, 0.2) is 41.1 Å². The van der Waals surface area contributed by atoms with Gasteiger partial charge in [-0.05, 0) is 54.5 Å². The molecule has 2 aromatic rings. The van der Waals surface area contributed by atoms with E-state index < -0.39 is 29.9 Å². The quantitative estimate of drug-likeness (QED) is 0.338. The van der Waals surface area contributed by atoms with Crippen LogP contribution in [0.1, 0.15) is 28.4 Å². The van der Waals surface area contributed by atoms with Gasteiger partial charge in [0, 0.05) is 22.1 Å². The fourth-order valence-corrected chi connectivity index (χ4v) is 2.72. The van der Waals surface area contributed by atoms with E-state index in [4.69, 9.17) is 5.21 Å². The van der Waals surface area contributed by atoms with E-state index in [0.717, 1.165) is 11.0 Å². The van der Waals surface area contributed by atoms with Gasteiger partial charge in [0.1, 0.15) is 6.04 Å². The average molecular weight is 418 g/mol. The molecule has 0 aliphatic carbocycles. The molecule has 150 valence electrons. The largest absolute Gasteiger partial charge is 0.381 e. The lowest BCUT2D eigenvalue weighted by atomic mass is 9.95. The molecule has 1 aromatic heterocycles. The first-order chi connectivity index (χ1) is 13.8. The third kappa shape index (κ3) is 5.87. The number of nitrogens with one attached hydrogen (secondary N) is 2. The van der Waals surface area contributed by atoms with Gasteiger partial charge in [0.2, 0.25) is 0 Å². The molecule has 2 rings (SSSR count). The van der Waals surface area contributed by atoms with Gasteiger partial charge >= 0.3 is 0 Å². The van der Waals surface area contributed by atoms with E-state index >= 15 is 0 Å². The van der Waals surface area contributed by atoms with Crippen molar-refractivity contribution < 1.29 is 28.7 Å². The molecule has 0 saturated heterocycles. The molecule has 0 saturated carbocycles. The van der Waals surface area contributed by atoms with Crippen molar-refractivity contribution in [1.82, 2.24) is 10.8 Å². The average Bonchev–Trinajstić information content (AvgIpc) is 3.22. The number of alkyl halides is 2. The number of hydrogen-bond donors (Lipinski definition) is 4. The minimum atomic E-state index is -3.35. The molecular formula is C20H16F2N2O4S. The van der Waals surface area contributed by atoms with Crippen LogP contribution in [-0.4, -0.2) is 40.2 Å². The van der Waals surface area contributed by atoms with Gasteiger partial charge in [0.25, 0.3) is 18.2 Å². The summed E-state index contributed by atoms with van der Waals surface area (Å²) in [6, 6.07) is 5.56. The lowest BCUT2D eigenvalue weighted by molar-refractivity contribution is -0.149. The van der Waals surface area contributed by atoms with Gasteiger partial charge in [-0.15, -0.1) is 0 Å². The highest BCUT2D eigenvalue weighted by atomic mass is 32.1. The number of carbonyl (C=O) groups is 2.